The number of halogens is 1. The lowest BCUT2D eigenvalue weighted by Gasteiger charge is -2.35. The van der Waals surface area contributed by atoms with Crippen molar-refractivity contribution in [2.24, 2.45) is 0 Å². The van der Waals surface area contributed by atoms with Gasteiger partial charge in [0.1, 0.15) is 6.61 Å². The zero-order valence-corrected chi connectivity index (χ0v) is 16.1. The van der Waals surface area contributed by atoms with E-state index in [9.17, 15) is 9.90 Å². The second kappa shape index (κ2) is 9.16. The lowest BCUT2D eigenvalue weighted by atomic mass is 10.0. The molecule has 0 aromatic heterocycles. The van der Waals surface area contributed by atoms with Gasteiger partial charge < -0.3 is 20.1 Å². The quantitative estimate of drug-likeness (QED) is 0.783. The molecule has 0 saturated carbocycles. The number of piperazine rings is 1. The molecule has 2 atom stereocenters. The molecule has 1 fully saturated rings. The second-order valence-corrected chi connectivity index (χ2v) is 7.26. The van der Waals surface area contributed by atoms with Crippen molar-refractivity contribution in [2.45, 2.75) is 25.2 Å². The maximum Gasteiger partial charge on any atom is 0.410 e. The highest BCUT2D eigenvalue weighted by atomic mass is 79.9. The number of aliphatic hydroxyl groups excluding tert-OH is 1. The molecule has 1 aliphatic rings. The summed E-state index contributed by atoms with van der Waals surface area (Å²) in [6.45, 7) is 1.90. The van der Waals surface area contributed by atoms with E-state index >= 15 is 0 Å². The van der Waals surface area contributed by atoms with Crippen molar-refractivity contribution in [1.82, 2.24) is 10.2 Å². The average molecular weight is 419 g/mol. The van der Waals surface area contributed by atoms with Gasteiger partial charge in [0.2, 0.25) is 0 Å². The topological polar surface area (TPSA) is 61.8 Å². The fourth-order valence-corrected chi connectivity index (χ4v) is 3.49. The van der Waals surface area contributed by atoms with Crippen LogP contribution in [0.1, 0.15) is 11.1 Å². The molecule has 3 rings (SSSR count). The molecule has 2 aromatic rings. The summed E-state index contributed by atoms with van der Waals surface area (Å²) in [4.78, 5) is 14.0. The zero-order valence-electron chi connectivity index (χ0n) is 14.5. The Labute approximate surface area is 162 Å². The molecule has 6 heteroatoms. The van der Waals surface area contributed by atoms with E-state index in [1.165, 1.54) is 0 Å². The average Bonchev–Trinajstić information content (AvgIpc) is 2.69. The molecule has 1 aliphatic heterocycles. The Morgan fingerprint density at radius 2 is 1.96 bits per heavy atom. The molecule has 2 unspecified atom stereocenters. The third-order valence-electron chi connectivity index (χ3n) is 4.52. The van der Waals surface area contributed by atoms with Gasteiger partial charge in [-0.25, -0.2) is 4.79 Å². The Morgan fingerprint density at radius 3 is 2.73 bits per heavy atom. The third-order valence-corrected chi connectivity index (χ3v) is 5.29. The van der Waals surface area contributed by atoms with Gasteiger partial charge in [0.05, 0.1) is 12.1 Å². The fraction of sp³-hybridized carbons (Fsp3) is 0.350. The van der Waals surface area contributed by atoms with Crippen LogP contribution in [0.15, 0.2) is 59.1 Å². The summed E-state index contributed by atoms with van der Waals surface area (Å²) >= 11 is 3.51. The van der Waals surface area contributed by atoms with Crippen molar-refractivity contribution >= 4 is 22.0 Å². The van der Waals surface area contributed by atoms with E-state index in [0.717, 1.165) is 15.6 Å². The van der Waals surface area contributed by atoms with Crippen LogP contribution in [0, 0.1) is 0 Å². The van der Waals surface area contributed by atoms with E-state index in [2.05, 4.69) is 21.2 Å². The summed E-state index contributed by atoms with van der Waals surface area (Å²) in [5.74, 6) is 0. The van der Waals surface area contributed by atoms with E-state index in [-0.39, 0.29) is 18.7 Å². The highest BCUT2D eigenvalue weighted by Crippen LogP contribution is 2.19. The summed E-state index contributed by atoms with van der Waals surface area (Å²) in [7, 11) is 0. The van der Waals surface area contributed by atoms with E-state index in [1.54, 1.807) is 4.90 Å². The minimum atomic E-state index is -0.585. The number of carbonyl (C=O) groups is 1. The molecule has 138 valence electrons. The Kier molecular flexibility index (Phi) is 6.66. The lowest BCUT2D eigenvalue weighted by Crippen LogP contribution is -2.57. The molecule has 26 heavy (non-hydrogen) atoms. The molecule has 0 bridgehead atoms. The van der Waals surface area contributed by atoms with Crippen molar-refractivity contribution in [1.29, 1.82) is 0 Å². The van der Waals surface area contributed by atoms with Gasteiger partial charge in [-0.2, -0.15) is 0 Å². The largest absolute Gasteiger partial charge is 0.445 e. The standard InChI is InChI=1S/C20H23BrN2O3/c21-17-9-5-4-8-16(17)12-19(24)18-13-23(11-10-22-18)20(25)26-14-15-6-2-1-3-7-15/h1-9,18-19,22,24H,10-14H2. The van der Waals surface area contributed by atoms with Crippen molar-refractivity contribution in [3.05, 3.63) is 70.2 Å². The van der Waals surface area contributed by atoms with Crippen LogP contribution < -0.4 is 5.32 Å². The Hall–Kier alpha value is -1.89. The first-order valence-electron chi connectivity index (χ1n) is 8.74. The number of rotatable bonds is 5. The van der Waals surface area contributed by atoms with Crippen LogP contribution in [0.2, 0.25) is 0 Å². The van der Waals surface area contributed by atoms with E-state index in [0.29, 0.717) is 26.1 Å². The first kappa shape index (κ1) is 18.9. The van der Waals surface area contributed by atoms with Crippen LogP contribution in [0.3, 0.4) is 0 Å². The lowest BCUT2D eigenvalue weighted by molar-refractivity contribution is 0.0567. The number of hydrogen-bond acceptors (Lipinski definition) is 4. The molecule has 2 N–H and O–H groups in total. The van der Waals surface area contributed by atoms with E-state index in [1.807, 2.05) is 54.6 Å². The molecule has 1 saturated heterocycles. The van der Waals surface area contributed by atoms with E-state index < -0.39 is 6.10 Å². The number of aliphatic hydroxyl groups is 1. The molecular weight excluding hydrogens is 396 g/mol. The van der Waals surface area contributed by atoms with Crippen LogP contribution in [0.4, 0.5) is 4.79 Å². The van der Waals surface area contributed by atoms with Crippen LogP contribution in [0.5, 0.6) is 0 Å². The smallest absolute Gasteiger partial charge is 0.410 e. The summed E-state index contributed by atoms with van der Waals surface area (Å²) in [5, 5.41) is 13.9. The second-order valence-electron chi connectivity index (χ2n) is 6.41. The molecular formula is C20H23BrN2O3. The number of benzene rings is 2. The van der Waals surface area contributed by atoms with Gasteiger partial charge in [0.25, 0.3) is 0 Å². The van der Waals surface area contributed by atoms with Gasteiger partial charge in [-0.3, -0.25) is 0 Å². The van der Waals surface area contributed by atoms with Gasteiger partial charge in [-0.1, -0.05) is 64.5 Å². The molecule has 0 aliphatic carbocycles. The minimum Gasteiger partial charge on any atom is -0.445 e. The highest BCUT2D eigenvalue weighted by molar-refractivity contribution is 9.10. The van der Waals surface area contributed by atoms with Crippen molar-refractivity contribution in [3.8, 4) is 0 Å². The molecule has 0 radical (unpaired) electrons. The highest BCUT2D eigenvalue weighted by Gasteiger charge is 2.29. The predicted octanol–water partition coefficient (Wildman–Crippen LogP) is 2.96. The van der Waals surface area contributed by atoms with Crippen molar-refractivity contribution in [2.75, 3.05) is 19.6 Å². The van der Waals surface area contributed by atoms with E-state index in [4.69, 9.17) is 4.74 Å². The maximum absolute atomic E-state index is 12.3. The fourth-order valence-electron chi connectivity index (χ4n) is 3.04. The SMILES string of the molecule is O=C(OCc1ccccc1)N1CCNC(C(O)Cc2ccccc2Br)C1. The van der Waals surface area contributed by atoms with Gasteiger partial charge in [0.15, 0.2) is 0 Å². The molecule has 0 spiro atoms. The number of nitrogens with zero attached hydrogens (tertiary/aromatic N) is 1. The first-order valence-corrected chi connectivity index (χ1v) is 9.53. The van der Waals surface area contributed by atoms with Gasteiger partial charge in [-0.05, 0) is 17.2 Å². The van der Waals surface area contributed by atoms with Gasteiger partial charge in [-0.15, -0.1) is 0 Å². The van der Waals surface area contributed by atoms with Crippen LogP contribution >= 0.6 is 15.9 Å². The normalized spacial score (nSPS) is 18.4. The van der Waals surface area contributed by atoms with Crippen molar-refractivity contribution in [3.63, 3.8) is 0 Å². The maximum atomic E-state index is 12.3. The molecule has 5 nitrogen and oxygen atoms in total. The Bertz CT molecular complexity index is 726. The van der Waals surface area contributed by atoms with Crippen LogP contribution in [0.25, 0.3) is 0 Å². The summed E-state index contributed by atoms with van der Waals surface area (Å²) < 4.78 is 6.38. The number of hydrogen-bond donors (Lipinski definition) is 2. The third kappa shape index (κ3) is 5.06. The zero-order chi connectivity index (χ0) is 18.4. The molecule has 1 heterocycles. The van der Waals surface area contributed by atoms with Crippen LogP contribution in [-0.4, -0.2) is 47.9 Å². The molecule has 1 amide bonds. The van der Waals surface area contributed by atoms with Crippen molar-refractivity contribution < 1.29 is 14.6 Å². The summed E-state index contributed by atoms with van der Waals surface area (Å²) in [6.07, 6.45) is -0.404. The minimum absolute atomic E-state index is 0.180. The van der Waals surface area contributed by atoms with Gasteiger partial charge in [0, 0.05) is 30.5 Å². The number of nitrogens with one attached hydrogen (secondary N) is 1. The monoisotopic (exact) mass is 418 g/mol. The number of amides is 1. The van der Waals surface area contributed by atoms with Gasteiger partial charge >= 0.3 is 6.09 Å². The summed E-state index contributed by atoms with van der Waals surface area (Å²) in [5.41, 5.74) is 2.01. The van der Waals surface area contributed by atoms with Crippen LogP contribution in [-0.2, 0) is 17.8 Å². The molecule has 2 aromatic carbocycles. The Balaban J connectivity index is 1.53. The Morgan fingerprint density at radius 1 is 1.23 bits per heavy atom. The predicted molar refractivity (Wildman–Crippen MR) is 104 cm³/mol. The first-order chi connectivity index (χ1) is 12.6. The number of carbonyl (C=O) groups excluding carboxylic acids is 1. The summed E-state index contributed by atoms with van der Waals surface area (Å²) in [6, 6.07) is 17.3. The number of ether oxygens (including phenoxy) is 1.